The lowest BCUT2D eigenvalue weighted by molar-refractivity contribution is -0.140. The van der Waals surface area contributed by atoms with Gasteiger partial charge in [0.05, 0.1) is 11.0 Å². The maximum absolute atomic E-state index is 13.9. The number of benzene rings is 2. The Labute approximate surface area is 220 Å². The van der Waals surface area contributed by atoms with Crippen LogP contribution in [-0.4, -0.2) is 40.9 Å². The number of nitrogens with one attached hydrogen (secondary N) is 1. The third kappa shape index (κ3) is 5.14. The second-order valence-electron chi connectivity index (χ2n) is 10.5. The normalized spacial score (nSPS) is 25.0. The van der Waals surface area contributed by atoms with Gasteiger partial charge in [0.15, 0.2) is 0 Å². The van der Waals surface area contributed by atoms with Crippen molar-refractivity contribution >= 4 is 27.7 Å². The molecular weight excluding hydrogens is 554 g/mol. The quantitative estimate of drug-likeness (QED) is 0.479. The van der Waals surface area contributed by atoms with Crippen LogP contribution in [0, 0.1) is 5.82 Å². The van der Waals surface area contributed by atoms with Crippen LogP contribution < -0.4 is 11.1 Å². The highest BCUT2D eigenvalue weighted by atomic mass is 79.9. The third-order valence-electron chi connectivity index (χ3n) is 7.99. The molecule has 2 unspecified atom stereocenters. The largest absolute Gasteiger partial charge is 0.419 e. The van der Waals surface area contributed by atoms with Crippen molar-refractivity contribution in [2.24, 2.45) is 5.73 Å². The molecule has 1 aliphatic carbocycles. The fourth-order valence-electron chi connectivity index (χ4n) is 5.92. The molecule has 5 rings (SSSR count). The molecule has 2 aliphatic heterocycles. The fourth-order valence-corrected chi connectivity index (χ4v) is 6.19. The number of carbonyl (C=O) groups excluding carboxylic acids is 2. The van der Waals surface area contributed by atoms with Crippen LogP contribution in [0.25, 0.3) is 0 Å². The summed E-state index contributed by atoms with van der Waals surface area (Å²) in [6.45, 7) is 0. The summed E-state index contributed by atoms with van der Waals surface area (Å²) in [5.41, 5.74) is 4.52. The lowest BCUT2D eigenvalue weighted by atomic mass is 9.91. The molecule has 0 spiro atoms. The molecular formula is C27H28BrF4N3O2. The molecule has 3 aliphatic rings. The van der Waals surface area contributed by atoms with E-state index in [4.69, 9.17) is 5.73 Å². The summed E-state index contributed by atoms with van der Waals surface area (Å²) >= 11 is 3.39. The number of piperidine rings is 1. The first-order valence-electron chi connectivity index (χ1n) is 12.5. The van der Waals surface area contributed by atoms with Gasteiger partial charge in [-0.05, 0) is 73.9 Å². The molecule has 2 amide bonds. The summed E-state index contributed by atoms with van der Waals surface area (Å²) in [6, 6.07) is 9.32. The molecule has 2 heterocycles. The van der Waals surface area contributed by atoms with Crippen LogP contribution in [0.4, 0.5) is 17.6 Å². The maximum atomic E-state index is 13.9. The van der Waals surface area contributed by atoms with E-state index in [9.17, 15) is 27.2 Å². The Kier molecular flexibility index (Phi) is 6.85. The molecule has 5 nitrogen and oxygen atoms in total. The number of hydrogen-bond donors (Lipinski definition) is 2. The third-order valence-corrected chi connectivity index (χ3v) is 8.52. The summed E-state index contributed by atoms with van der Waals surface area (Å²) in [4.78, 5) is 29.3. The van der Waals surface area contributed by atoms with Crippen molar-refractivity contribution in [2.45, 2.75) is 80.7 Å². The van der Waals surface area contributed by atoms with Gasteiger partial charge in [-0.25, -0.2) is 4.39 Å². The lowest BCUT2D eigenvalue weighted by Crippen LogP contribution is -2.58. The van der Waals surface area contributed by atoms with Gasteiger partial charge in [0, 0.05) is 29.0 Å². The number of nitrogens with zero attached hydrogens (tertiary/aromatic N) is 1. The minimum absolute atomic E-state index is 0.0203. The average molecular weight is 582 g/mol. The van der Waals surface area contributed by atoms with E-state index in [-0.39, 0.29) is 36.0 Å². The Hall–Kier alpha value is -2.46. The predicted octanol–water partition coefficient (Wildman–Crippen LogP) is 4.85. The number of fused-ring (bicyclic) bond motifs is 2. The van der Waals surface area contributed by atoms with Crippen LogP contribution in [0.3, 0.4) is 0 Å². The first-order valence-corrected chi connectivity index (χ1v) is 13.3. The summed E-state index contributed by atoms with van der Waals surface area (Å²) in [6.07, 6.45) is -0.836. The van der Waals surface area contributed by atoms with Crippen LogP contribution in [0.1, 0.15) is 55.2 Å². The van der Waals surface area contributed by atoms with Gasteiger partial charge in [0.2, 0.25) is 11.8 Å². The Morgan fingerprint density at radius 1 is 1.08 bits per heavy atom. The highest BCUT2D eigenvalue weighted by molar-refractivity contribution is 9.10. The van der Waals surface area contributed by atoms with Gasteiger partial charge in [0.25, 0.3) is 0 Å². The molecule has 10 heteroatoms. The van der Waals surface area contributed by atoms with E-state index in [1.165, 1.54) is 6.07 Å². The van der Waals surface area contributed by atoms with Gasteiger partial charge < -0.3 is 16.0 Å². The summed E-state index contributed by atoms with van der Waals surface area (Å²) in [7, 11) is 0. The highest BCUT2D eigenvalue weighted by Crippen LogP contribution is 2.50. The van der Waals surface area contributed by atoms with Crippen LogP contribution in [-0.2, 0) is 27.6 Å². The average Bonchev–Trinajstić information content (AvgIpc) is 3.60. The van der Waals surface area contributed by atoms with Crippen LogP contribution in [0.2, 0.25) is 0 Å². The molecule has 2 aromatic carbocycles. The topological polar surface area (TPSA) is 75.4 Å². The van der Waals surface area contributed by atoms with E-state index in [0.29, 0.717) is 25.7 Å². The molecule has 2 saturated heterocycles. The Balaban J connectivity index is 1.42. The van der Waals surface area contributed by atoms with Crippen molar-refractivity contribution in [3.63, 3.8) is 0 Å². The lowest BCUT2D eigenvalue weighted by Gasteiger charge is -2.40. The summed E-state index contributed by atoms with van der Waals surface area (Å²) < 4.78 is 54.8. The zero-order valence-electron chi connectivity index (χ0n) is 20.0. The van der Waals surface area contributed by atoms with E-state index >= 15 is 0 Å². The number of hydrogen-bond acceptors (Lipinski definition) is 3. The van der Waals surface area contributed by atoms with Crippen molar-refractivity contribution < 1.29 is 27.2 Å². The van der Waals surface area contributed by atoms with Crippen LogP contribution in [0.5, 0.6) is 0 Å². The molecule has 0 aromatic heterocycles. The zero-order valence-corrected chi connectivity index (χ0v) is 21.6. The fraction of sp³-hybridized carbons (Fsp3) is 0.481. The van der Waals surface area contributed by atoms with E-state index < -0.39 is 34.9 Å². The van der Waals surface area contributed by atoms with Crippen molar-refractivity contribution in [1.82, 2.24) is 10.2 Å². The second kappa shape index (κ2) is 9.69. The van der Waals surface area contributed by atoms with E-state index in [2.05, 4.69) is 21.2 Å². The molecule has 3 atom stereocenters. The number of alkyl halides is 3. The highest BCUT2D eigenvalue weighted by Gasteiger charge is 2.53. The van der Waals surface area contributed by atoms with Gasteiger partial charge in [-0.2, -0.15) is 13.2 Å². The molecule has 37 heavy (non-hydrogen) atoms. The SMILES string of the molecule is NC1CC2CCC(C1)N2C(=O)[C@H](Cc1ccc(Br)cc1)NC(=O)C1(c2ccc(F)c(C(F)(F)F)c2)CC1. The maximum Gasteiger partial charge on any atom is 0.419 e. The van der Waals surface area contributed by atoms with Gasteiger partial charge in [-0.1, -0.05) is 34.1 Å². The Morgan fingerprint density at radius 2 is 1.70 bits per heavy atom. The number of halogens is 5. The minimum atomic E-state index is -4.87. The molecule has 2 bridgehead atoms. The number of amides is 2. The van der Waals surface area contributed by atoms with E-state index in [1.807, 2.05) is 29.2 Å². The molecule has 2 aromatic rings. The van der Waals surface area contributed by atoms with Crippen molar-refractivity contribution in [3.05, 3.63) is 69.4 Å². The zero-order chi connectivity index (χ0) is 26.5. The predicted molar refractivity (Wildman–Crippen MR) is 133 cm³/mol. The number of carbonyl (C=O) groups is 2. The van der Waals surface area contributed by atoms with Crippen LogP contribution in [0.15, 0.2) is 46.9 Å². The number of nitrogens with two attached hydrogens (primary N) is 1. The summed E-state index contributed by atoms with van der Waals surface area (Å²) in [5.74, 6) is -2.08. The van der Waals surface area contributed by atoms with E-state index in [1.54, 1.807) is 0 Å². The molecule has 1 saturated carbocycles. The van der Waals surface area contributed by atoms with Crippen LogP contribution >= 0.6 is 15.9 Å². The molecule has 3 N–H and O–H groups in total. The Morgan fingerprint density at radius 3 is 2.27 bits per heavy atom. The first-order chi connectivity index (χ1) is 17.5. The summed E-state index contributed by atoms with van der Waals surface area (Å²) in [5, 5.41) is 2.88. The molecule has 198 valence electrons. The van der Waals surface area contributed by atoms with Gasteiger partial charge >= 0.3 is 6.18 Å². The molecule has 0 radical (unpaired) electrons. The first kappa shape index (κ1) is 26.2. The second-order valence-corrected chi connectivity index (χ2v) is 11.4. The van der Waals surface area contributed by atoms with Crippen molar-refractivity contribution in [1.29, 1.82) is 0 Å². The van der Waals surface area contributed by atoms with Gasteiger partial charge in [0.1, 0.15) is 11.9 Å². The van der Waals surface area contributed by atoms with E-state index in [0.717, 1.165) is 35.0 Å². The van der Waals surface area contributed by atoms with Crippen molar-refractivity contribution in [2.75, 3.05) is 0 Å². The standard InChI is InChI=1S/C27H28BrF4N3O2/c28-17-4-1-15(2-5-17)11-23(24(36)35-19-6-7-20(35)14-18(33)13-19)34-25(37)26(9-10-26)16-3-8-22(29)21(12-16)27(30,31)32/h1-5,8,12,18-20,23H,6-7,9-11,13-14,33H2,(H,34,37)/t18?,19?,20?,23-/m0/s1. The minimum Gasteiger partial charge on any atom is -0.343 e. The molecule has 3 fully saturated rings. The van der Waals surface area contributed by atoms with Crippen molar-refractivity contribution in [3.8, 4) is 0 Å². The van der Waals surface area contributed by atoms with Gasteiger partial charge in [-0.3, -0.25) is 9.59 Å². The Bertz CT molecular complexity index is 1190. The monoisotopic (exact) mass is 581 g/mol. The van der Waals surface area contributed by atoms with Gasteiger partial charge in [-0.15, -0.1) is 0 Å². The smallest absolute Gasteiger partial charge is 0.343 e. The number of rotatable bonds is 6.